The number of benzene rings is 4. The first-order valence-corrected chi connectivity index (χ1v) is 21.0. The Labute approximate surface area is 376 Å². The molecule has 0 radical (unpaired) electrons. The molecule has 0 unspecified atom stereocenters. The Balaban J connectivity index is 0.000000262. The third-order valence-electron chi connectivity index (χ3n) is 9.39. The van der Waals surface area contributed by atoms with Crippen molar-refractivity contribution in [3.63, 3.8) is 0 Å². The highest BCUT2D eigenvalue weighted by atomic mass is 35.5. The normalized spacial score (nSPS) is 12.1. The van der Waals surface area contributed by atoms with Crippen molar-refractivity contribution in [1.29, 1.82) is 0 Å². The highest BCUT2D eigenvalue weighted by Gasteiger charge is 2.32. The number of halogens is 2. The Kier molecular flexibility index (Phi) is 18.4. The fourth-order valence-corrected chi connectivity index (χ4v) is 6.67. The fraction of sp³-hybridized carbons (Fsp3) is 0.304. The standard InChI is InChI=1S/C24H28N4O4.C20H16Cl2N2O4.C2H7N/c1-27(2)11-9-21(29)25-15-5-7-17-19(13-15)24(32)20-14-16(6-8-18(20)23(17)31)26-22(30)10-12-28(3)4;21-7-5-17(25)23-11-1-3-13-15(9-11)20(28)16-10-12(24-18(26)6-8-22)2-4-14(16)19(13)27;1-3-2/h5-8,13-14H,9-12H2,1-4H3,(H,25,29)(H,26,30);1-4,9-10H,5-8H2,(H,23,25)(H,24,26);3H,1-2H3. The van der Waals surface area contributed by atoms with E-state index < -0.39 is 0 Å². The molecule has 6 rings (SSSR count). The van der Waals surface area contributed by atoms with Crippen LogP contribution in [0.2, 0.25) is 0 Å². The number of hydrogen-bond acceptors (Lipinski definition) is 11. The molecule has 15 nitrogen and oxygen atoms in total. The van der Waals surface area contributed by atoms with E-state index in [1.165, 1.54) is 36.4 Å². The fourth-order valence-electron chi connectivity index (χ4n) is 6.33. The lowest BCUT2D eigenvalue weighted by Gasteiger charge is -2.19. The van der Waals surface area contributed by atoms with Gasteiger partial charge >= 0.3 is 0 Å². The highest BCUT2D eigenvalue weighted by molar-refractivity contribution is 6.30. The van der Waals surface area contributed by atoms with Crippen LogP contribution in [0.25, 0.3) is 0 Å². The minimum Gasteiger partial charge on any atom is -0.326 e. The molecule has 17 heteroatoms. The highest BCUT2D eigenvalue weighted by Crippen LogP contribution is 2.33. The zero-order chi connectivity index (χ0) is 46.4. The number of hydrogen-bond donors (Lipinski definition) is 5. The van der Waals surface area contributed by atoms with Crippen LogP contribution in [0.3, 0.4) is 0 Å². The molecule has 0 spiro atoms. The van der Waals surface area contributed by atoms with Gasteiger partial charge in [-0.05, 0) is 115 Å². The van der Waals surface area contributed by atoms with Gasteiger partial charge in [0.25, 0.3) is 0 Å². The molecule has 0 fully saturated rings. The van der Waals surface area contributed by atoms with E-state index in [0.717, 1.165) is 0 Å². The van der Waals surface area contributed by atoms with Crippen molar-refractivity contribution in [2.45, 2.75) is 25.7 Å². The number of amides is 4. The molecule has 0 aliphatic heterocycles. The Morgan fingerprint density at radius 3 is 0.857 bits per heavy atom. The van der Waals surface area contributed by atoms with Gasteiger partial charge in [-0.2, -0.15) is 0 Å². The lowest BCUT2D eigenvalue weighted by molar-refractivity contribution is -0.117. The number of anilines is 4. The molecule has 5 N–H and O–H groups in total. The minimum absolute atomic E-state index is 0.139. The van der Waals surface area contributed by atoms with Gasteiger partial charge in [0.1, 0.15) is 0 Å². The lowest BCUT2D eigenvalue weighted by Crippen LogP contribution is -2.24. The van der Waals surface area contributed by atoms with Crippen LogP contribution >= 0.6 is 23.2 Å². The number of rotatable bonds is 14. The van der Waals surface area contributed by atoms with E-state index in [9.17, 15) is 38.4 Å². The van der Waals surface area contributed by atoms with Crippen LogP contribution < -0.4 is 26.6 Å². The van der Waals surface area contributed by atoms with Crippen molar-refractivity contribution in [2.75, 3.05) is 88.4 Å². The Morgan fingerprint density at radius 2 is 0.635 bits per heavy atom. The largest absolute Gasteiger partial charge is 0.326 e. The summed E-state index contributed by atoms with van der Waals surface area (Å²) in [4.78, 5) is 103. The van der Waals surface area contributed by atoms with Crippen LogP contribution in [0.1, 0.15) is 89.4 Å². The molecule has 63 heavy (non-hydrogen) atoms. The van der Waals surface area contributed by atoms with Crippen molar-refractivity contribution in [3.8, 4) is 0 Å². The number of nitrogens with one attached hydrogen (secondary N) is 5. The van der Waals surface area contributed by atoms with Gasteiger partial charge in [0.05, 0.1) is 0 Å². The van der Waals surface area contributed by atoms with Crippen molar-refractivity contribution in [1.82, 2.24) is 15.1 Å². The summed E-state index contributed by atoms with van der Waals surface area (Å²) in [5.41, 5.74) is 3.76. The Morgan fingerprint density at radius 1 is 0.413 bits per heavy atom. The van der Waals surface area contributed by atoms with E-state index in [1.54, 1.807) is 36.4 Å². The molecular formula is C46H51Cl2N7O8. The summed E-state index contributed by atoms with van der Waals surface area (Å²) in [7, 11) is 11.3. The van der Waals surface area contributed by atoms with Gasteiger partial charge < -0.3 is 36.4 Å². The van der Waals surface area contributed by atoms with Crippen LogP contribution in [-0.2, 0) is 19.2 Å². The number of alkyl halides is 2. The number of nitrogens with zero attached hydrogens (tertiary/aromatic N) is 2. The molecule has 2 aliphatic carbocycles. The monoisotopic (exact) mass is 899 g/mol. The van der Waals surface area contributed by atoms with Crippen LogP contribution in [0.5, 0.6) is 0 Å². The average molecular weight is 901 g/mol. The van der Waals surface area contributed by atoms with E-state index in [2.05, 4.69) is 26.6 Å². The first-order chi connectivity index (χ1) is 30.0. The number of ketones is 4. The molecule has 0 bridgehead atoms. The van der Waals surface area contributed by atoms with Crippen molar-refractivity contribution < 1.29 is 38.4 Å². The van der Waals surface area contributed by atoms with E-state index in [1.807, 2.05) is 52.1 Å². The molecule has 0 heterocycles. The third kappa shape index (κ3) is 13.4. The Hall–Kier alpha value is -6.10. The summed E-state index contributed by atoms with van der Waals surface area (Å²) in [6.45, 7) is 1.20. The predicted octanol–water partition coefficient (Wildman–Crippen LogP) is 5.67. The molecular weight excluding hydrogens is 849 g/mol. The van der Waals surface area contributed by atoms with Gasteiger partial charge in [0.15, 0.2) is 23.1 Å². The van der Waals surface area contributed by atoms with Crippen molar-refractivity contribution in [3.05, 3.63) is 117 Å². The molecule has 332 valence electrons. The van der Waals surface area contributed by atoms with Crippen LogP contribution in [0, 0.1) is 0 Å². The molecule has 4 aromatic rings. The SMILES string of the molecule is CN(C)CCC(=O)Nc1ccc2c(c1)C(=O)c1cc(NC(=O)CCN(C)C)ccc1C2=O.CNC.O=C(CCCl)Nc1ccc2c(c1)C(=O)c1cc(NC(=O)CCCl)ccc1C2=O. The first-order valence-electron chi connectivity index (χ1n) is 20.0. The summed E-state index contributed by atoms with van der Waals surface area (Å²) in [6, 6.07) is 18.6. The summed E-state index contributed by atoms with van der Waals surface area (Å²) in [5, 5.41) is 13.6. The topological polar surface area (TPSA) is 203 Å². The lowest BCUT2D eigenvalue weighted by atomic mass is 9.83. The zero-order valence-electron chi connectivity index (χ0n) is 36.0. The van der Waals surface area contributed by atoms with Gasteiger partial charge in [-0.25, -0.2) is 0 Å². The summed E-state index contributed by atoms with van der Waals surface area (Å²) in [6.07, 6.45) is 0.909. The van der Waals surface area contributed by atoms with Crippen molar-refractivity contribution >= 4 is 92.7 Å². The second-order valence-electron chi connectivity index (χ2n) is 15.0. The summed E-state index contributed by atoms with van der Waals surface area (Å²) in [5.74, 6) is -1.77. The maximum absolute atomic E-state index is 13.2. The number of fused-ring (bicyclic) bond motifs is 4. The summed E-state index contributed by atoms with van der Waals surface area (Å²) < 4.78 is 0. The van der Waals surface area contributed by atoms with E-state index in [0.29, 0.717) is 59.8 Å². The molecule has 4 amide bonds. The quantitative estimate of drug-likeness (QED) is 0.0843. The van der Waals surface area contributed by atoms with E-state index >= 15 is 0 Å². The van der Waals surface area contributed by atoms with E-state index in [-0.39, 0.29) is 105 Å². The maximum Gasteiger partial charge on any atom is 0.225 e. The number of carbonyl (C=O) groups is 8. The second-order valence-corrected chi connectivity index (χ2v) is 15.8. The third-order valence-corrected chi connectivity index (χ3v) is 9.76. The molecule has 0 atom stereocenters. The zero-order valence-corrected chi connectivity index (χ0v) is 37.5. The molecule has 0 saturated heterocycles. The molecule has 2 aliphatic rings. The van der Waals surface area contributed by atoms with Crippen molar-refractivity contribution in [2.24, 2.45) is 0 Å². The van der Waals surface area contributed by atoms with Gasteiger partial charge in [-0.15, -0.1) is 23.2 Å². The minimum atomic E-state index is -0.355. The molecule has 4 aromatic carbocycles. The smallest absolute Gasteiger partial charge is 0.225 e. The molecule has 0 aromatic heterocycles. The second kappa shape index (κ2) is 23.4. The van der Waals surface area contributed by atoms with Gasteiger partial charge in [-0.3, -0.25) is 38.4 Å². The predicted molar refractivity (Wildman–Crippen MR) is 246 cm³/mol. The molecule has 0 saturated carbocycles. The summed E-state index contributed by atoms with van der Waals surface area (Å²) >= 11 is 11.1. The van der Waals surface area contributed by atoms with Crippen LogP contribution in [0.15, 0.2) is 72.8 Å². The van der Waals surface area contributed by atoms with Gasteiger partial charge in [0, 0.05) is 118 Å². The first kappa shape index (κ1) is 49.6. The number of carbonyl (C=O) groups excluding carboxylic acids is 8. The van der Waals surface area contributed by atoms with E-state index in [4.69, 9.17) is 23.2 Å². The van der Waals surface area contributed by atoms with Gasteiger partial charge in [-0.1, -0.05) is 0 Å². The van der Waals surface area contributed by atoms with Gasteiger partial charge in [0.2, 0.25) is 23.6 Å². The maximum atomic E-state index is 13.2. The van der Waals surface area contributed by atoms with Crippen LogP contribution in [0.4, 0.5) is 22.7 Å². The Bertz CT molecular complexity index is 2260. The average Bonchev–Trinajstić information content (AvgIpc) is 3.24. The van der Waals surface area contributed by atoms with Crippen LogP contribution in [-0.4, -0.2) is 124 Å².